The number of hydrogen-bond acceptors (Lipinski definition) is 3. The minimum atomic E-state index is -0.983. The van der Waals surface area contributed by atoms with Gasteiger partial charge in [-0.15, -0.1) is 11.8 Å². The minimum absolute atomic E-state index is 0.930. The first-order valence-corrected chi connectivity index (χ1v) is 9.25. The molecule has 4 heteroatoms. The zero-order valence-corrected chi connectivity index (χ0v) is 14.0. The van der Waals surface area contributed by atoms with Crippen molar-refractivity contribution < 1.29 is 5.11 Å². The van der Waals surface area contributed by atoms with Gasteiger partial charge in [0.1, 0.15) is 5.60 Å². The molecule has 2 aliphatic heterocycles. The second kappa shape index (κ2) is 6.19. The van der Waals surface area contributed by atoms with Gasteiger partial charge in [-0.3, -0.25) is 0 Å². The summed E-state index contributed by atoms with van der Waals surface area (Å²) in [5, 5.41) is 15.9. The van der Waals surface area contributed by atoms with Crippen LogP contribution in [0.2, 0.25) is 0 Å². The van der Waals surface area contributed by atoms with Crippen molar-refractivity contribution in [3.05, 3.63) is 58.5 Å². The third-order valence-corrected chi connectivity index (χ3v) is 5.51. The van der Waals surface area contributed by atoms with E-state index in [9.17, 15) is 5.11 Å². The number of H-pyrrole nitrogens is 1. The van der Waals surface area contributed by atoms with Gasteiger partial charge in [0.2, 0.25) is 0 Å². The molecule has 0 bridgehead atoms. The van der Waals surface area contributed by atoms with Gasteiger partial charge in [-0.2, -0.15) is 0 Å². The van der Waals surface area contributed by atoms with Crippen molar-refractivity contribution >= 4 is 22.7 Å². The average molecular weight is 326 g/mol. The van der Waals surface area contributed by atoms with Gasteiger partial charge in [-0.1, -0.05) is 6.07 Å². The van der Waals surface area contributed by atoms with E-state index in [2.05, 4.69) is 28.2 Å². The Kier molecular flexibility index (Phi) is 4.05. The number of aromatic amines is 1. The number of fused-ring (bicyclic) bond motifs is 1. The molecule has 0 unspecified atom stereocenters. The van der Waals surface area contributed by atoms with Gasteiger partial charge in [0.15, 0.2) is 0 Å². The van der Waals surface area contributed by atoms with E-state index in [1.807, 2.05) is 29.0 Å². The fourth-order valence-electron chi connectivity index (χ4n) is 3.50. The van der Waals surface area contributed by atoms with Crippen LogP contribution in [-0.4, -0.2) is 34.6 Å². The summed E-state index contributed by atoms with van der Waals surface area (Å²) in [5.74, 6) is 0. The molecule has 1 fully saturated rings. The molecule has 120 valence electrons. The van der Waals surface area contributed by atoms with E-state index < -0.39 is 5.60 Å². The Morgan fingerprint density at radius 3 is 2.74 bits per heavy atom. The fraction of sp³-hybridized carbons (Fsp3) is 0.368. The van der Waals surface area contributed by atoms with E-state index in [-0.39, 0.29) is 0 Å². The molecule has 0 saturated carbocycles. The van der Waals surface area contributed by atoms with E-state index >= 15 is 0 Å². The van der Waals surface area contributed by atoms with Gasteiger partial charge >= 0.3 is 0 Å². The lowest BCUT2D eigenvalue weighted by atomic mass is 9.92. The monoisotopic (exact) mass is 326 g/mol. The van der Waals surface area contributed by atoms with Gasteiger partial charge in [0, 0.05) is 23.6 Å². The molecule has 2 N–H and O–H groups in total. The van der Waals surface area contributed by atoms with E-state index in [1.165, 1.54) is 36.9 Å². The number of nitrogens with zero attached hydrogens (tertiary/aromatic N) is 1. The highest BCUT2D eigenvalue weighted by Crippen LogP contribution is 2.33. The lowest BCUT2D eigenvalue weighted by Crippen LogP contribution is -2.22. The van der Waals surface area contributed by atoms with Gasteiger partial charge in [-0.05, 0) is 78.6 Å². The maximum atomic E-state index is 10.8. The third kappa shape index (κ3) is 2.99. The molecule has 0 aliphatic carbocycles. The molecular formula is C19H22N2OS. The number of thioether (sulfide) groups is 1. The molecule has 0 atom stereocenters. The molecule has 2 aliphatic rings. The second-order valence-corrected chi connectivity index (χ2v) is 7.26. The van der Waals surface area contributed by atoms with E-state index in [0.717, 1.165) is 24.0 Å². The quantitative estimate of drug-likeness (QED) is 0.898. The van der Waals surface area contributed by atoms with Gasteiger partial charge < -0.3 is 15.0 Å². The summed E-state index contributed by atoms with van der Waals surface area (Å²) in [6.07, 6.45) is 9.56. The van der Waals surface area contributed by atoms with Crippen LogP contribution >= 0.6 is 11.8 Å². The van der Waals surface area contributed by atoms with Crippen LogP contribution in [0.1, 0.15) is 24.0 Å². The summed E-state index contributed by atoms with van der Waals surface area (Å²) in [4.78, 5) is 5.91. The van der Waals surface area contributed by atoms with Crippen LogP contribution in [-0.2, 0) is 12.0 Å². The normalized spacial score (nSPS) is 20.6. The highest BCUT2D eigenvalue weighted by atomic mass is 32.2. The van der Waals surface area contributed by atoms with Crippen molar-refractivity contribution in [2.24, 2.45) is 0 Å². The zero-order valence-electron chi connectivity index (χ0n) is 13.2. The molecule has 0 spiro atoms. The fourth-order valence-corrected chi connectivity index (χ4v) is 4.16. The zero-order chi connectivity index (χ0) is 15.7. The number of rotatable bonds is 4. The maximum Gasteiger partial charge on any atom is 0.128 e. The van der Waals surface area contributed by atoms with Crippen LogP contribution in [0.25, 0.3) is 10.9 Å². The smallest absolute Gasteiger partial charge is 0.128 e. The van der Waals surface area contributed by atoms with Crippen LogP contribution < -0.4 is 0 Å². The lowest BCUT2D eigenvalue weighted by Gasteiger charge is -2.23. The molecule has 1 aromatic carbocycles. The van der Waals surface area contributed by atoms with Crippen LogP contribution in [0.5, 0.6) is 0 Å². The molecule has 1 saturated heterocycles. The first-order chi connectivity index (χ1) is 11.2. The summed E-state index contributed by atoms with van der Waals surface area (Å²) >= 11 is 1.59. The molecule has 1 aromatic heterocycles. The Labute approximate surface area is 141 Å². The molecule has 0 amide bonds. The molecular weight excluding hydrogens is 304 g/mol. The van der Waals surface area contributed by atoms with Crippen molar-refractivity contribution in [1.29, 1.82) is 0 Å². The van der Waals surface area contributed by atoms with E-state index in [0.29, 0.717) is 0 Å². The number of aromatic nitrogens is 1. The van der Waals surface area contributed by atoms with Crippen LogP contribution in [0.3, 0.4) is 0 Å². The summed E-state index contributed by atoms with van der Waals surface area (Å²) in [7, 11) is 0. The SMILES string of the molecule is OC1(c2ccc3[nH]cc(CCN4CCCC4)c3c2)C=CSC=C1. The highest BCUT2D eigenvalue weighted by Gasteiger charge is 2.25. The largest absolute Gasteiger partial charge is 0.377 e. The Hall–Kier alpha value is -1.49. The molecule has 3 heterocycles. The highest BCUT2D eigenvalue weighted by molar-refractivity contribution is 8.04. The standard InChI is InChI=1S/C19H22N2OS/c22-19(6-11-23-12-7-19)16-3-4-18-17(13-16)15(14-20-18)5-10-21-8-1-2-9-21/h3-4,6-7,11-14,20,22H,1-2,5,8-10H2. The minimum Gasteiger partial charge on any atom is -0.377 e. The summed E-state index contributed by atoms with van der Waals surface area (Å²) < 4.78 is 0. The number of aliphatic hydroxyl groups is 1. The number of likely N-dealkylation sites (tertiary alicyclic amines) is 1. The molecule has 3 nitrogen and oxygen atoms in total. The predicted octanol–water partition coefficient (Wildman–Crippen LogP) is 3.77. The van der Waals surface area contributed by atoms with E-state index in [1.54, 1.807) is 11.8 Å². The van der Waals surface area contributed by atoms with Gasteiger partial charge in [-0.25, -0.2) is 0 Å². The number of benzene rings is 1. The lowest BCUT2D eigenvalue weighted by molar-refractivity contribution is 0.143. The Bertz CT molecular complexity index is 744. The number of hydrogen-bond donors (Lipinski definition) is 2. The van der Waals surface area contributed by atoms with Crippen LogP contribution in [0, 0.1) is 0 Å². The van der Waals surface area contributed by atoms with E-state index in [4.69, 9.17) is 0 Å². The number of nitrogens with one attached hydrogen (secondary N) is 1. The maximum absolute atomic E-state index is 10.8. The van der Waals surface area contributed by atoms with Crippen LogP contribution in [0.15, 0.2) is 47.4 Å². The Morgan fingerprint density at radius 2 is 1.96 bits per heavy atom. The van der Waals surface area contributed by atoms with Crippen molar-refractivity contribution in [1.82, 2.24) is 9.88 Å². The predicted molar refractivity (Wildman–Crippen MR) is 97.4 cm³/mol. The molecule has 0 radical (unpaired) electrons. The molecule has 4 rings (SSSR count). The van der Waals surface area contributed by atoms with Crippen molar-refractivity contribution in [3.63, 3.8) is 0 Å². The summed E-state index contributed by atoms with van der Waals surface area (Å²) in [5.41, 5.74) is 2.44. The summed E-state index contributed by atoms with van der Waals surface area (Å²) in [6, 6.07) is 6.22. The Morgan fingerprint density at radius 1 is 1.17 bits per heavy atom. The van der Waals surface area contributed by atoms with Gasteiger partial charge in [0.25, 0.3) is 0 Å². The van der Waals surface area contributed by atoms with Crippen LogP contribution in [0.4, 0.5) is 0 Å². The second-order valence-electron chi connectivity index (χ2n) is 6.44. The molecule has 23 heavy (non-hydrogen) atoms. The first kappa shape index (κ1) is 15.1. The summed E-state index contributed by atoms with van der Waals surface area (Å²) in [6.45, 7) is 3.60. The first-order valence-electron chi connectivity index (χ1n) is 8.31. The average Bonchev–Trinajstić information content (AvgIpc) is 3.22. The third-order valence-electron chi connectivity index (χ3n) is 4.93. The van der Waals surface area contributed by atoms with Crippen molar-refractivity contribution in [2.75, 3.05) is 19.6 Å². The van der Waals surface area contributed by atoms with Gasteiger partial charge in [0.05, 0.1) is 0 Å². The van der Waals surface area contributed by atoms with Crippen molar-refractivity contribution in [2.45, 2.75) is 24.9 Å². The Balaban J connectivity index is 1.62. The van der Waals surface area contributed by atoms with Crippen molar-refractivity contribution in [3.8, 4) is 0 Å². The topological polar surface area (TPSA) is 39.3 Å². The molecule has 2 aromatic rings.